The highest BCUT2D eigenvalue weighted by molar-refractivity contribution is 5.91. The fraction of sp³-hybridized carbons (Fsp3) is 0.611. The number of halogens is 1. The zero-order valence-corrected chi connectivity index (χ0v) is 14.4. The molecule has 0 spiro atoms. The Balaban J connectivity index is 0.00000242. The van der Waals surface area contributed by atoms with Crippen LogP contribution < -0.4 is 10.6 Å². The molecule has 1 aromatic carbocycles. The molecule has 4 heteroatoms. The summed E-state index contributed by atoms with van der Waals surface area (Å²) in [6.45, 7) is 3.82. The number of hydrogen-bond acceptors (Lipinski definition) is 2. The molecule has 2 N–H and O–H groups in total. The number of amides is 1. The van der Waals surface area contributed by atoms with Gasteiger partial charge in [-0.2, -0.15) is 0 Å². The summed E-state index contributed by atoms with van der Waals surface area (Å²) < 4.78 is 0. The number of carbonyl (C=O) groups excluding carboxylic acids is 1. The van der Waals surface area contributed by atoms with Crippen molar-refractivity contribution in [2.24, 2.45) is 5.92 Å². The van der Waals surface area contributed by atoms with Gasteiger partial charge in [-0.1, -0.05) is 50.8 Å². The second-order valence-corrected chi connectivity index (χ2v) is 6.03. The molecule has 0 aliphatic heterocycles. The van der Waals surface area contributed by atoms with Crippen molar-refractivity contribution < 1.29 is 4.79 Å². The Morgan fingerprint density at radius 1 is 1.23 bits per heavy atom. The first-order chi connectivity index (χ1) is 10.3. The molecule has 0 bridgehead atoms. The predicted molar refractivity (Wildman–Crippen MR) is 95.5 cm³/mol. The highest BCUT2D eigenvalue weighted by atomic mass is 35.5. The number of para-hydroxylation sites is 1. The maximum Gasteiger partial charge on any atom is 0.224 e. The maximum absolute atomic E-state index is 12.1. The van der Waals surface area contributed by atoms with E-state index in [1.807, 2.05) is 18.2 Å². The van der Waals surface area contributed by atoms with E-state index in [2.05, 4.69) is 23.6 Å². The van der Waals surface area contributed by atoms with E-state index in [0.29, 0.717) is 6.42 Å². The molecule has 0 heterocycles. The lowest BCUT2D eigenvalue weighted by atomic mass is 10.0. The Morgan fingerprint density at radius 2 is 1.95 bits per heavy atom. The molecule has 1 aromatic rings. The standard InChI is InChI=1S/C18H28N2O.ClH/c1-2-19-14-16-11-5-6-12-17(16)20-18(21)13-7-10-15-8-3-4-9-15;/h5-6,11-12,15,19H,2-4,7-10,13-14H2,1H3,(H,20,21);1H. The quantitative estimate of drug-likeness (QED) is 0.738. The molecule has 22 heavy (non-hydrogen) atoms. The molecular weight excluding hydrogens is 296 g/mol. The fourth-order valence-corrected chi connectivity index (χ4v) is 3.12. The van der Waals surface area contributed by atoms with Crippen LogP contribution >= 0.6 is 12.4 Å². The largest absolute Gasteiger partial charge is 0.326 e. The van der Waals surface area contributed by atoms with Crippen LogP contribution in [0.3, 0.4) is 0 Å². The lowest BCUT2D eigenvalue weighted by Crippen LogP contribution is -2.17. The van der Waals surface area contributed by atoms with Crippen molar-refractivity contribution in [3.05, 3.63) is 29.8 Å². The highest BCUT2D eigenvalue weighted by Gasteiger charge is 2.15. The number of anilines is 1. The van der Waals surface area contributed by atoms with Crippen LogP contribution in [-0.2, 0) is 11.3 Å². The predicted octanol–water partition coefficient (Wildman–Crippen LogP) is 4.52. The number of benzene rings is 1. The van der Waals surface area contributed by atoms with Crippen molar-refractivity contribution >= 4 is 24.0 Å². The van der Waals surface area contributed by atoms with Crippen LogP contribution in [-0.4, -0.2) is 12.5 Å². The Labute approximate surface area is 140 Å². The van der Waals surface area contributed by atoms with Gasteiger partial charge >= 0.3 is 0 Å². The Morgan fingerprint density at radius 3 is 2.68 bits per heavy atom. The summed E-state index contributed by atoms with van der Waals surface area (Å²) in [5.41, 5.74) is 2.10. The minimum absolute atomic E-state index is 0. The monoisotopic (exact) mass is 324 g/mol. The van der Waals surface area contributed by atoms with Gasteiger partial charge in [0.1, 0.15) is 0 Å². The van der Waals surface area contributed by atoms with Gasteiger partial charge in [0.15, 0.2) is 0 Å². The smallest absolute Gasteiger partial charge is 0.224 e. The van der Waals surface area contributed by atoms with Gasteiger partial charge in [-0.3, -0.25) is 4.79 Å². The van der Waals surface area contributed by atoms with Gasteiger partial charge < -0.3 is 10.6 Å². The Bertz CT molecular complexity index is 444. The van der Waals surface area contributed by atoms with E-state index in [4.69, 9.17) is 0 Å². The lowest BCUT2D eigenvalue weighted by molar-refractivity contribution is -0.116. The molecule has 124 valence electrons. The molecule has 1 aliphatic carbocycles. The van der Waals surface area contributed by atoms with E-state index in [9.17, 15) is 4.79 Å². The summed E-state index contributed by atoms with van der Waals surface area (Å²) >= 11 is 0. The molecule has 0 radical (unpaired) electrons. The van der Waals surface area contributed by atoms with E-state index in [0.717, 1.165) is 36.7 Å². The molecule has 1 fully saturated rings. The third-order valence-corrected chi connectivity index (χ3v) is 4.35. The van der Waals surface area contributed by atoms with Crippen molar-refractivity contribution in [3.63, 3.8) is 0 Å². The average molecular weight is 325 g/mol. The number of nitrogens with one attached hydrogen (secondary N) is 2. The van der Waals surface area contributed by atoms with Crippen LogP contribution in [0.1, 0.15) is 57.4 Å². The molecule has 1 aliphatic rings. The highest BCUT2D eigenvalue weighted by Crippen LogP contribution is 2.29. The zero-order chi connectivity index (χ0) is 14.9. The molecular formula is C18H29ClN2O. The molecule has 1 amide bonds. The first-order valence-corrected chi connectivity index (χ1v) is 8.38. The summed E-state index contributed by atoms with van der Waals surface area (Å²) in [7, 11) is 0. The van der Waals surface area contributed by atoms with Crippen molar-refractivity contribution in [2.45, 2.75) is 58.4 Å². The van der Waals surface area contributed by atoms with E-state index >= 15 is 0 Å². The van der Waals surface area contributed by atoms with E-state index < -0.39 is 0 Å². The minimum Gasteiger partial charge on any atom is -0.326 e. The van der Waals surface area contributed by atoms with Crippen LogP contribution in [0.4, 0.5) is 5.69 Å². The normalized spacial score (nSPS) is 14.6. The van der Waals surface area contributed by atoms with E-state index in [1.165, 1.54) is 32.1 Å². The zero-order valence-electron chi connectivity index (χ0n) is 13.6. The molecule has 0 aromatic heterocycles. The van der Waals surface area contributed by atoms with Crippen molar-refractivity contribution in [2.75, 3.05) is 11.9 Å². The van der Waals surface area contributed by atoms with Gasteiger partial charge in [-0.15, -0.1) is 12.4 Å². The summed E-state index contributed by atoms with van der Waals surface area (Å²) in [4.78, 5) is 12.1. The van der Waals surface area contributed by atoms with Crippen LogP contribution in [0.5, 0.6) is 0 Å². The molecule has 1 saturated carbocycles. The third-order valence-electron chi connectivity index (χ3n) is 4.35. The summed E-state index contributed by atoms with van der Waals surface area (Å²) in [5, 5.41) is 6.37. The van der Waals surface area contributed by atoms with Crippen LogP contribution in [0.15, 0.2) is 24.3 Å². The number of rotatable bonds is 8. The van der Waals surface area contributed by atoms with Gasteiger partial charge in [-0.05, 0) is 36.9 Å². The topological polar surface area (TPSA) is 41.1 Å². The second-order valence-electron chi connectivity index (χ2n) is 6.03. The van der Waals surface area contributed by atoms with Crippen molar-refractivity contribution in [3.8, 4) is 0 Å². The van der Waals surface area contributed by atoms with Crippen LogP contribution in [0, 0.1) is 5.92 Å². The number of carbonyl (C=O) groups is 1. The third kappa shape index (κ3) is 6.37. The van der Waals surface area contributed by atoms with Crippen molar-refractivity contribution in [1.29, 1.82) is 0 Å². The number of hydrogen-bond donors (Lipinski definition) is 2. The van der Waals surface area contributed by atoms with E-state index in [1.54, 1.807) is 0 Å². The summed E-state index contributed by atoms with van der Waals surface area (Å²) in [6, 6.07) is 8.05. The average Bonchev–Trinajstić information content (AvgIpc) is 2.99. The van der Waals surface area contributed by atoms with E-state index in [-0.39, 0.29) is 18.3 Å². The molecule has 0 unspecified atom stereocenters. The molecule has 3 nitrogen and oxygen atoms in total. The SMILES string of the molecule is CCNCc1ccccc1NC(=O)CCCC1CCCC1.Cl. The maximum atomic E-state index is 12.1. The first-order valence-electron chi connectivity index (χ1n) is 8.38. The van der Waals surface area contributed by atoms with Gasteiger partial charge in [-0.25, -0.2) is 0 Å². The second kappa shape index (κ2) is 10.6. The Kier molecular flexibility index (Phi) is 9.17. The van der Waals surface area contributed by atoms with Crippen molar-refractivity contribution in [1.82, 2.24) is 5.32 Å². The van der Waals surface area contributed by atoms with Gasteiger partial charge in [0, 0.05) is 18.7 Å². The van der Waals surface area contributed by atoms with Gasteiger partial charge in [0.25, 0.3) is 0 Å². The molecule has 0 saturated heterocycles. The van der Waals surface area contributed by atoms with Crippen LogP contribution in [0.25, 0.3) is 0 Å². The molecule has 0 atom stereocenters. The van der Waals surface area contributed by atoms with Gasteiger partial charge in [0.2, 0.25) is 5.91 Å². The van der Waals surface area contributed by atoms with Gasteiger partial charge in [0.05, 0.1) is 0 Å². The Hall–Kier alpha value is -1.06. The summed E-state index contributed by atoms with van der Waals surface area (Å²) in [6.07, 6.45) is 8.38. The minimum atomic E-state index is 0. The fourth-order valence-electron chi connectivity index (χ4n) is 3.12. The lowest BCUT2D eigenvalue weighted by Gasteiger charge is -2.12. The molecule has 2 rings (SSSR count). The first kappa shape index (κ1) is 19.0. The van der Waals surface area contributed by atoms with Crippen LogP contribution in [0.2, 0.25) is 0 Å². The summed E-state index contributed by atoms with van der Waals surface area (Å²) in [5.74, 6) is 1.02.